The summed E-state index contributed by atoms with van der Waals surface area (Å²) < 4.78 is 43.2. The van der Waals surface area contributed by atoms with Crippen LogP contribution in [0.25, 0.3) is 0 Å². The molecule has 0 aromatic carbocycles. The highest BCUT2D eigenvalue weighted by Crippen LogP contribution is 2.35. The molecule has 1 heterocycles. The fourth-order valence-electron chi connectivity index (χ4n) is 1.54. The lowest BCUT2D eigenvalue weighted by atomic mass is 9.86. The Kier molecular flexibility index (Phi) is 4.24. The van der Waals surface area contributed by atoms with Gasteiger partial charge in [0, 0.05) is 12.0 Å². The number of nitrogens with two attached hydrogens (primary N) is 1. The van der Waals surface area contributed by atoms with Crippen LogP contribution in [0.1, 0.15) is 42.5 Å². The molecule has 1 aromatic rings. The van der Waals surface area contributed by atoms with Gasteiger partial charge in [0.2, 0.25) is 0 Å². The molecule has 108 valence electrons. The number of halogens is 3. The maximum absolute atomic E-state index is 12.8. The van der Waals surface area contributed by atoms with Crippen molar-refractivity contribution in [1.29, 1.82) is 0 Å². The van der Waals surface area contributed by atoms with Crippen molar-refractivity contribution >= 4 is 5.97 Å². The van der Waals surface area contributed by atoms with Crippen LogP contribution < -0.4 is 5.73 Å². The fraction of sp³-hybridized carbons (Fsp3) is 0.636. The second kappa shape index (κ2) is 5.20. The molecule has 1 aromatic heterocycles. The highest BCUT2D eigenvalue weighted by Gasteiger charge is 2.43. The molecular formula is C11H16F3N3O2. The van der Waals surface area contributed by atoms with Gasteiger partial charge in [0.15, 0.2) is 5.69 Å². The normalized spacial score (nSPS) is 12.6. The number of rotatable bonds is 4. The molecule has 19 heavy (non-hydrogen) atoms. The van der Waals surface area contributed by atoms with E-state index in [0.29, 0.717) is 0 Å². The highest BCUT2D eigenvalue weighted by atomic mass is 19.4. The van der Waals surface area contributed by atoms with Gasteiger partial charge < -0.3 is 10.5 Å². The molecule has 0 fully saturated rings. The lowest BCUT2D eigenvalue weighted by Gasteiger charge is -2.22. The first-order valence-electron chi connectivity index (χ1n) is 5.68. The SMILES string of the molecule is CCOC(=O)c1c(C(F)(F)F)n[nH]c1C(C)(C)CN. The van der Waals surface area contributed by atoms with Crippen LogP contribution in [0, 0.1) is 0 Å². The monoisotopic (exact) mass is 279 g/mol. The molecule has 0 saturated heterocycles. The largest absolute Gasteiger partial charge is 0.462 e. The van der Waals surface area contributed by atoms with Crippen LogP contribution in [0.2, 0.25) is 0 Å². The van der Waals surface area contributed by atoms with Gasteiger partial charge in [0.1, 0.15) is 5.56 Å². The van der Waals surface area contributed by atoms with Crippen LogP contribution in [-0.4, -0.2) is 29.3 Å². The molecule has 1 rings (SSSR count). The number of aromatic nitrogens is 2. The van der Waals surface area contributed by atoms with E-state index >= 15 is 0 Å². The summed E-state index contributed by atoms with van der Waals surface area (Å²) in [5, 5.41) is 5.46. The van der Waals surface area contributed by atoms with E-state index in [-0.39, 0.29) is 18.8 Å². The zero-order chi connectivity index (χ0) is 14.8. The third-order valence-electron chi connectivity index (χ3n) is 2.70. The van der Waals surface area contributed by atoms with Crippen molar-refractivity contribution in [3.8, 4) is 0 Å². The average Bonchev–Trinajstić information content (AvgIpc) is 2.74. The van der Waals surface area contributed by atoms with E-state index in [0.717, 1.165) is 0 Å². The van der Waals surface area contributed by atoms with E-state index in [4.69, 9.17) is 5.73 Å². The Morgan fingerprint density at radius 2 is 2.00 bits per heavy atom. The lowest BCUT2D eigenvalue weighted by Crippen LogP contribution is -2.31. The van der Waals surface area contributed by atoms with Crippen molar-refractivity contribution < 1.29 is 22.7 Å². The highest BCUT2D eigenvalue weighted by molar-refractivity contribution is 5.92. The number of carbonyl (C=O) groups excluding carboxylic acids is 1. The van der Waals surface area contributed by atoms with E-state index in [1.807, 2.05) is 0 Å². The van der Waals surface area contributed by atoms with Gasteiger partial charge in [-0.1, -0.05) is 13.8 Å². The average molecular weight is 279 g/mol. The molecule has 0 aliphatic rings. The van der Waals surface area contributed by atoms with Crippen molar-refractivity contribution in [3.05, 3.63) is 17.0 Å². The second-order valence-electron chi connectivity index (χ2n) is 4.63. The lowest BCUT2D eigenvalue weighted by molar-refractivity contribution is -0.141. The molecule has 0 aliphatic heterocycles. The van der Waals surface area contributed by atoms with Crippen molar-refractivity contribution in [1.82, 2.24) is 10.2 Å². The Balaban J connectivity index is 3.43. The quantitative estimate of drug-likeness (QED) is 0.824. The molecule has 0 atom stereocenters. The van der Waals surface area contributed by atoms with E-state index in [1.165, 1.54) is 6.92 Å². The topological polar surface area (TPSA) is 81.0 Å². The Morgan fingerprint density at radius 1 is 1.42 bits per heavy atom. The molecule has 0 aliphatic carbocycles. The summed E-state index contributed by atoms with van der Waals surface area (Å²) in [6, 6.07) is 0. The third-order valence-corrected chi connectivity index (χ3v) is 2.70. The minimum Gasteiger partial charge on any atom is -0.462 e. The van der Waals surface area contributed by atoms with Gasteiger partial charge in [0.05, 0.1) is 12.3 Å². The van der Waals surface area contributed by atoms with Gasteiger partial charge in [-0.25, -0.2) is 4.79 Å². The van der Waals surface area contributed by atoms with Gasteiger partial charge in [0.25, 0.3) is 0 Å². The summed E-state index contributed by atoms with van der Waals surface area (Å²) in [6.45, 7) is 4.77. The van der Waals surface area contributed by atoms with Crippen LogP contribution in [0.3, 0.4) is 0 Å². The van der Waals surface area contributed by atoms with Crippen LogP contribution in [-0.2, 0) is 16.3 Å². The second-order valence-corrected chi connectivity index (χ2v) is 4.63. The smallest absolute Gasteiger partial charge is 0.436 e. The molecular weight excluding hydrogens is 263 g/mol. The van der Waals surface area contributed by atoms with Crippen LogP contribution in [0.15, 0.2) is 0 Å². The number of nitrogens with zero attached hydrogens (tertiary/aromatic N) is 1. The molecule has 0 amide bonds. The number of esters is 1. The minimum absolute atomic E-state index is 0.0240. The number of hydrogen-bond acceptors (Lipinski definition) is 4. The molecule has 5 nitrogen and oxygen atoms in total. The molecule has 0 saturated carbocycles. The van der Waals surface area contributed by atoms with Crippen molar-refractivity contribution in [2.75, 3.05) is 13.2 Å². The molecule has 0 radical (unpaired) electrons. The number of nitrogens with one attached hydrogen (secondary N) is 1. The Hall–Kier alpha value is -1.57. The maximum atomic E-state index is 12.8. The number of hydrogen-bond donors (Lipinski definition) is 2. The van der Waals surface area contributed by atoms with Crippen LogP contribution >= 0.6 is 0 Å². The molecule has 0 bridgehead atoms. The van der Waals surface area contributed by atoms with Gasteiger partial charge in [-0.05, 0) is 6.92 Å². The maximum Gasteiger partial charge on any atom is 0.436 e. The molecule has 0 spiro atoms. The van der Waals surface area contributed by atoms with Gasteiger partial charge >= 0.3 is 12.1 Å². The summed E-state index contributed by atoms with van der Waals surface area (Å²) >= 11 is 0. The molecule has 0 unspecified atom stereocenters. The fourth-order valence-corrected chi connectivity index (χ4v) is 1.54. The number of H-pyrrole nitrogens is 1. The first-order valence-corrected chi connectivity index (χ1v) is 5.68. The van der Waals surface area contributed by atoms with Gasteiger partial charge in [-0.15, -0.1) is 0 Å². The van der Waals surface area contributed by atoms with E-state index in [2.05, 4.69) is 14.9 Å². The molecule has 3 N–H and O–H groups in total. The summed E-state index contributed by atoms with van der Waals surface area (Å²) in [4.78, 5) is 11.7. The first kappa shape index (κ1) is 15.5. The zero-order valence-electron chi connectivity index (χ0n) is 10.9. The van der Waals surface area contributed by atoms with Gasteiger partial charge in [-0.2, -0.15) is 18.3 Å². The van der Waals surface area contributed by atoms with E-state index in [1.54, 1.807) is 13.8 Å². The van der Waals surface area contributed by atoms with Crippen LogP contribution in [0.5, 0.6) is 0 Å². The van der Waals surface area contributed by atoms with E-state index < -0.39 is 28.8 Å². The standard InChI is InChI=1S/C11H16F3N3O2/c1-4-19-9(18)6-7(10(2,3)5-15)16-17-8(6)11(12,13)14/h4-5,15H2,1-3H3,(H,16,17). The Bertz CT molecular complexity index is 466. The third kappa shape index (κ3) is 3.06. The minimum atomic E-state index is -4.73. The number of ether oxygens (including phenoxy) is 1. The zero-order valence-corrected chi connectivity index (χ0v) is 10.9. The Labute approximate surface area is 108 Å². The summed E-state index contributed by atoms with van der Waals surface area (Å²) in [5.41, 5.74) is 2.83. The number of alkyl halides is 3. The van der Waals surface area contributed by atoms with Crippen molar-refractivity contribution in [3.63, 3.8) is 0 Å². The summed E-state index contributed by atoms with van der Waals surface area (Å²) in [7, 11) is 0. The Morgan fingerprint density at radius 3 is 2.42 bits per heavy atom. The molecule has 8 heteroatoms. The predicted octanol–water partition coefficient (Wildman–Crippen LogP) is 1.84. The summed E-state index contributed by atoms with van der Waals surface area (Å²) in [5.74, 6) is -1.06. The number of aromatic amines is 1. The van der Waals surface area contributed by atoms with Crippen LogP contribution in [0.4, 0.5) is 13.2 Å². The summed E-state index contributed by atoms with van der Waals surface area (Å²) in [6.07, 6.45) is -4.73. The predicted molar refractivity (Wildman–Crippen MR) is 61.6 cm³/mol. The van der Waals surface area contributed by atoms with Crippen molar-refractivity contribution in [2.45, 2.75) is 32.4 Å². The number of carbonyl (C=O) groups is 1. The van der Waals surface area contributed by atoms with Crippen molar-refractivity contribution in [2.24, 2.45) is 5.73 Å². The first-order chi connectivity index (χ1) is 8.65. The van der Waals surface area contributed by atoms with Gasteiger partial charge in [-0.3, -0.25) is 5.10 Å². The van der Waals surface area contributed by atoms with E-state index in [9.17, 15) is 18.0 Å².